The van der Waals surface area contributed by atoms with Gasteiger partial charge in [-0.15, -0.1) is 0 Å². The van der Waals surface area contributed by atoms with E-state index in [2.05, 4.69) is 5.32 Å². The molecule has 1 aliphatic heterocycles. The first-order chi connectivity index (χ1) is 16.2. The van der Waals surface area contributed by atoms with Crippen LogP contribution in [-0.4, -0.2) is 47.4 Å². The molecule has 1 fully saturated rings. The predicted molar refractivity (Wildman–Crippen MR) is 128 cm³/mol. The molecule has 2 heterocycles. The topological polar surface area (TPSA) is 136 Å². The number of rotatable bonds is 6. The van der Waals surface area contributed by atoms with Gasteiger partial charge in [0.15, 0.2) is 0 Å². The SMILES string of the molecule is CCn1c(=O)n(CC(=O)N2CCC(C(=O)Nc3ccc(S(N)(=O)=O)cc3)CC2)c2ccccc21. The number of imidazole rings is 1. The molecule has 0 saturated carbocycles. The number of carbonyl (C=O) groups excluding carboxylic acids is 2. The zero-order valence-electron chi connectivity index (χ0n) is 18.8. The lowest BCUT2D eigenvalue weighted by atomic mass is 9.95. The van der Waals surface area contributed by atoms with E-state index in [1.807, 2.05) is 31.2 Å². The monoisotopic (exact) mass is 485 g/mol. The first-order valence-corrected chi connectivity index (χ1v) is 12.6. The molecule has 3 aromatic rings. The average Bonchev–Trinajstić information content (AvgIpc) is 3.09. The number of carbonyl (C=O) groups is 2. The zero-order valence-corrected chi connectivity index (χ0v) is 19.6. The molecule has 1 saturated heterocycles. The van der Waals surface area contributed by atoms with Gasteiger partial charge in [-0.05, 0) is 56.2 Å². The molecule has 0 unspecified atom stereocenters. The Bertz CT molecular complexity index is 1380. The number of amides is 2. The van der Waals surface area contributed by atoms with Gasteiger partial charge in [0.05, 0.1) is 15.9 Å². The number of nitrogens with zero attached hydrogens (tertiary/aromatic N) is 3. The van der Waals surface area contributed by atoms with Crippen molar-refractivity contribution in [1.82, 2.24) is 14.0 Å². The minimum atomic E-state index is -3.79. The van der Waals surface area contributed by atoms with Crippen molar-refractivity contribution in [3.8, 4) is 0 Å². The molecule has 180 valence electrons. The van der Waals surface area contributed by atoms with Gasteiger partial charge in [0, 0.05) is 31.2 Å². The Morgan fingerprint density at radius 2 is 1.59 bits per heavy atom. The Balaban J connectivity index is 1.36. The van der Waals surface area contributed by atoms with Crippen LogP contribution in [0.2, 0.25) is 0 Å². The van der Waals surface area contributed by atoms with Gasteiger partial charge < -0.3 is 10.2 Å². The summed E-state index contributed by atoms with van der Waals surface area (Å²) >= 11 is 0. The maximum Gasteiger partial charge on any atom is 0.329 e. The summed E-state index contributed by atoms with van der Waals surface area (Å²) < 4.78 is 25.9. The molecule has 0 bridgehead atoms. The van der Waals surface area contributed by atoms with E-state index in [9.17, 15) is 22.8 Å². The lowest BCUT2D eigenvalue weighted by Crippen LogP contribution is -2.43. The minimum Gasteiger partial charge on any atom is -0.341 e. The van der Waals surface area contributed by atoms with Gasteiger partial charge >= 0.3 is 5.69 Å². The van der Waals surface area contributed by atoms with Crippen LogP contribution in [0.1, 0.15) is 19.8 Å². The smallest absolute Gasteiger partial charge is 0.329 e. The summed E-state index contributed by atoms with van der Waals surface area (Å²) in [6.07, 6.45) is 0.997. The molecule has 34 heavy (non-hydrogen) atoms. The normalized spacial score (nSPS) is 14.9. The number of piperidine rings is 1. The second kappa shape index (κ2) is 9.43. The summed E-state index contributed by atoms with van der Waals surface area (Å²) in [5.41, 5.74) is 1.79. The van der Waals surface area contributed by atoms with Crippen LogP contribution in [0.3, 0.4) is 0 Å². The number of sulfonamides is 1. The third-order valence-electron chi connectivity index (χ3n) is 6.20. The van der Waals surface area contributed by atoms with E-state index in [1.54, 1.807) is 9.47 Å². The number of anilines is 1. The average molecular weight is 486 g/mol. The Labute approximate surface area is 197 Å². The minimum absolute atomic E-state index is 0.0292. The number of nitrogens with one attached hydrogen (secondary N) is 1. The number of hydrogen-bond donors (Lipinski definition) is 2. The van der Waals surface area contributed by atoms with Crippen LogP contribution < -0.4 is 16.1 Å². The molecule has 2 amide bonds. The van der Waals surface area contributed by atoms with E-state index >= 15 is 0 Å². The van der Waals surface area contributed by atoms with Crippen LogP contribution in [0.4, 0.5) is 5.69 Å². The highest BCUT2D eigenvalue weighted by Crippen LogP contribution is 2.21. The molecule has 1 aromatic heterocycles. The van der Waals surface area contributed by atoms with Crippen molar-refractivity contribution in [3.05, 3.63) is 59.0 Å². The number of likely N-dealkylation sites (tertiary alicyclic amines) is 1. The largest absolute Gasteiger partial charge is 0.341 e. The number of hydrogen-bond acceptors (Lipinski definition) is 5. The highest BCUT2D eigenvalue weighted by molar-refractivity contribution is 7.89. The standard InChI is InChI=1S/C23H27N5O5S/c1-2-27-19-5-3-4-6-20(19)28(23(27)31)15-21(29)26-13-11-16(12-14-26)22(30)25-17-7-9-18(10-8-17)34(24,32)33/h3-10,16H,2,11-15H2,1H3,(H,25,30)(H2,24,32,33). The number of primary sulfonamides is 1. The maximum atomic E-state index is 12.9. The van der Waals surface area contributed by atoms with Gasteiger partial charge in [0.2, 0.25) is 21.8 Å². The fraction of sp³-hybridized carbons (Fsp3) is 0.348. The number of para-hydroxylation sites is 2. The lowest BCUT2D eigenvalue weighted by molar-refractivity contribution is -0.135. The van der Waals surface area contributed by atoms with Crippen molar-refractivity contribution >= 4 is 38.6 Å². The fourth-order valence-electron chi connectivity index (χ4n) is 4.33. The number of aryl methyl sites for hydroxylation is 1. The number of benzene rings is 2. The van der Waals surface area contributed by atoms with Crippen LogP contribution in [-0.2, 0) is 32.7 Å². The first kappa shape index (κ1) is 23.7. The van der Waals surface area contributed by atoms with E-state index in [0.717, 1.165) is 11.0 Å². The maximum absolute atomic E-state index is 12.9. The first-order valence-electron chi connectivity index (χ1n) is 11.1. The third kappa shape index (κ3) is 4.75. The Hall–Kier alpha value is -3.44. The molecule has 0 atom stereocenters. The second-order valence-electron chi connectivity index (χ2n) is 8.32. The van der Waals surface area contributed by atoms with Crippen molar-refractivity contribution in [2.45, 2.75) is 37.8 Å². The van der Waals surface area contributed by atoms with Crippen LogP contribution in [0.15, 0.2) is 58.2 Å². The Morgan fingerprint density at radius 1 is 1.00 bits per heavy atom. The number of nitrogens with two attached hydrogens (primary N) is 1. The Kier molecular flexibility index (Phi) is 6.58. The molecule has 4 rings (SSSR count). The third-order valence-corrected chi connectivity index (χ3v) is 7.13. The van der Waals surface area contributed by atoms with E-state index in [-0.39, 0.29) is 34.9 Å². The summed E-state index contributed by atoms with van der Waals surface area (Å²) in [4.78, 5) is 40.0. The molecule has 0 aliphatic carbocycles. The van der Waals surface area contributed by atoms with Gasteiger partial charge in [0.25, 0.3) is 0 Å². The fourth-order valence-corrected chi connectivity index (χ4v) is 4.84. The Morgan fingerprint density at radius 3 is 2.15 bits per heavy atom. The van der Waals surface area contributed by atoms with Gasteiger partial charge in [-0.1, -0.05) is 12.1 Å². The highest BCUT2D eigenvalue weighted by Gasteiger charge is 2.28. The van der Waals surface area contributed by atoms with Crippen molar-refractivity contribution in [2.75, 3.05) is 18.4 Å². The van der Waals surface area contributed by atoms with Gasteiger partial charge in [-0.3, -0.25) is 18.7 Å². The van der Waals surface area contributed by atoms with Gasteiger partial charge in [0.1, 0.15) is 6.54 Å². The summed E-state index contributed by atoms with van der Waals surface area (Å²) in [5.74, 6) is -0.608. The molecule has 10 nitrogen and oxygen atoms in total. The van der Waals surface area contributed by atoms with E-state index in [0.29, 0.717) is 38.2 Å². The molecule has 3 N–H and O–H groups in total. The van der Waals surface area contributed by atoms with Crippen LogP contribution >= 0.6 is 0 Å². The van der Waals surface area contributed by atoms with E-state index in [1.165, 1.54) is 28.8 Å². The molecular weight excluding hydrogens is 458 g/mol. The molecular formula is C23H27N5O5S. The molecule has 0 radical (unpaired) electrons. The van der Waals surface area contributed by atoms with Crippen molar-refractivity contribution in [2.24, 2.45) is 11.1 Å². The lowest BCUT2D eigenvalue weighted by Gasteiger charge is -2.31. The number of fused-ring (bicyclic) bond motifs is 1. The molecule has 11 heteroatoms. The van der Waals surface area contributed by atoms with Crippen molar-refractivity contribution < 1.29 is 18.0 Å². The summed E-state index contributed by atoms with van der Waals surface area (Å²) in [6, 6.07) is 13.1. The number of aromatic nitrogens is 2. The van der Waals surface area contributed by atoms with Crippen LogP contribution in [0.5, 0.6) is 0 Å². The highest BCUT2D eigenvalue weighted by atomic mass is 32.2. The summed E-state index contributed by atoms with van der Waals surface area (Å²) in [7, 11) is -3.79. The molecule has 0 spiro atoms. The quantitative estimate of drug-likeness (QED) is 0.543. The van der Waals surface area contributed by atoms with Crippen LogP contribution in [0.25, 0.3) is 11.0 Å². The van der Waals surface area contributed by atoms with Gasteiger partial charge in [-0.25, -0.2) is 18.4 Å². The summed E-state index contributed by atoms with van der Waals surface area (Å²) in [6.45, 7) is 3.21. The predicted octanol–water partition coefficient (Wildman–Crippen LogP) is 1.35. The van der Waals surface area contributed by atoms with Crippen molar-refractivity contribution in [1.29, 1.82) is 0 Å². The van der Waals surface area contributed by atoms with Crippen LogP contribution in [0, 0.1) is 5.92 Å². The van der Waals surface area contributed by atoms with E-state index in [4.69, 9.17) is 5.14 Å². The molecule has 1 aliphatic rings. The zero-order chi connectivity index (χ0) is 24.5. The van der Waals surface area contributed by atoms with Gasteiger partial charge in [-0.2, -0.15) is 0 Å². The second-order valence-corrected chi connectivity index (χ2v) is 9.88. The van der Waals surface area contributed by atoms with Crippen molar-refractivity contribution in [3.63, 3.8) is 0 Å². The summed E-state index contributed by atoms with van der Waals surface area (Å²) in [5, 5.41) is 7.87. The van der Waals surface area contributed by atoms with E-state index < -0.39 is 10.0 Å². The molecule has 2 aromatic carbocycles.